The molecule has 1 rings (SSSR count). The van der Waals surface area contributed by atoms with Crippen molar-refractivity contribution in [1.82, 2.24) is 0 Å². The molecule has 0 spiro atoms. The zero-order chi connectivity index (χ0) is 11.4. The van der Waals surface area contributed by atoms with Gasteiger partial charge in [-0.1, -0.05) is 6.07 Å². The van der Waals surface area contributed by atoms with Crippen molar-refractivity contribution >= 4 is 22.8 Å². The maximum Gasteiger partial charge on any atom is 0.336 e. The van der Waals surface area contributed by atoms with Crippen LogP contribution in [0.5, 0.6) is 5.75 Å². The summed E-state index contributed by atoms with van der Waals surface area (Å²) in [5.41, 5.74) is 0.0783. The molecule has 15 heavy (non-hydrogen) atoms. The lowest BCUT2D eigenvalue weighted by Crippen LogP contribution is -2.01. The Morgan fingerprint density at radius 3 is 2.53 bits per heavy atom. The van der Waals surface area contributed by atoms with Crippen LogP contribution in [0.4, 0.5) is 0 Å². The molecule has 0 amide bonds. The first-order valence-electron chi connectivity index (χ1n) is 4.15. The Morgan fingerprint density at radius 2 is 2.07 bits per heavy atom. The molecule has 0 aliphatic carbocycles. The lowest BCUT2D eigenvalue weighted by molar-refractivity contribution is -0.109. The van der Waals surface area contributed by atoms with E-state index >= 15 is 0 Å². The highest BCUT2D eigenvalue weighted by molar-refractivity contribution is 8.13. The van der Waals surface area contributed by atoms with Gasteiger partial charge in [0.25, 0.3) is 0 Å². The molecule has 0 bridgehead atoms. The van der Waals surface area contributed by atoms with Crippen molar-refractivity contribution in [2.45, 2.75) is 11.8 Å². The van der Waals surface area contributed by atoms with Gasteiger partial charge in [-0.2, -0.15) is 0 Å². The summed E-state index contributed by atoms with van der Waals surface area (Å²) in [4.78, 5) is 22.2. The Hall–Kier alpha value is -1.49. The third-order valence-corrected chi connectivity index (χ3v) is 2.59. The number of ether oxygens (including phenoxy) is 1. The first kappa shape index (κ1) is 11.6. The fourth-order valence-electron chi connectivity index (χ4n) is 1.09. The number of rotatable bonds is 3. The molecule has 0 aliphatic heterocycles. The number of methoxy groups -OCH3 is 1. The van der Waals surface area contributed by atoms with Crippen molar-refractivity contribution in [2.75, 3.05) is 7.11 Å². The summed E-state index contributed by atoms with van der Waals surface area (Å²) in [5, 5.41) is 8.74. The van der Waals surface area contributed by atoms with E-state index < -0.39 is 5.97 Å². The molecular formula is C10H10O4S. The van der Waals surface area contributed by atoms with Crippen LogP contribution in [0.1, 0.15) is 17.3 Å². The summed E-state index contributed by atoms with van der Waals surface area (Å²) in [6, 6.07) is 4.64. The van der Waals surface area contributed by atoms with Crippen LogP contribution in [0, 0.1) is 0 Å². The average Bonchev–Trinajstić information content (AvgIpc) is 2.16. The van der Waals surface area contributed by atoms with Gasteiger partial charge in [-0.25, -0.2) is 4.79 Å². The molecule has 1 aromatic carbocycles. The Balaban J connectivity index is 3.26. The molecule has 0 atom stereocenters. The van der Waals surface area contributed by atoms with Crippen LogP contribution in [0.3, 0.4) is 0 Å². The molecular weight excluding hydrogens is 216 g/mol. The Bertz CT molecular complexity index is 400. The first-order valence-corrected chi connectivity index (χ1v) is 4.96. The quantitative estimate of drug-likeness (QED) is 0.799. The number of carboxylic acids is 1. The van der Waals surface area contributed by atoms with Gasteiger partial charge in [0.15, 0.2) is 5.12 Å². The Morgan fingerprint density at radius 1 is 1.40 bits per heavy atom. The number of carboxylic acid groups (broad SMARTS) is 1. The highest BCUT2D eigenvalue weighted by Gasteiger charge is 2.16. The van der Waals surface area contributed by atoms with E-state index in [9.17, 15) is 9.59 Å². The van der Waals surface area contributed by atoms with Crippen LogP contribution in [0.15, 0.2) is 23.1 Å². The van der Waals surface area contributed by atoms with Gasteiger partial charge < -0.3 is 9.84 Å². The fourth-order valence-corrected chi connectivity index (χ4v) is 1.90. The zero-order valence-corrected chi connectivity index (χ0v) is 9.13. The number of hydrogen-bond donors (Lipinski definition) is 1. The predicted octanol–water partition coefficient (Wildman–Crippen LogP) is 2.03. The molecule has 0 aromatic heterocycles. The summed E-state index contributed by atoms with van der Waals surface area (Å²) in [7, 11) is 1.44. The third kappa shape index (κ3) is 2.73. The summed E-state index contributed by atoms with van der Waals surface area (Å²) in [6.45, 7) is 1.38. The lowest BCUT2D eigenvalue weighted by Gasteiger charge is -2.08. The predicted molar refractivity (Wildman–Crippen MR) is 56.5 cm³/mol. The van der Waals surface area contributed by atoms with E-state index in [2.05, 4.69) is 0 Å². The second kappa shape index (κ2) is 4.84. The number of carbonyl (C=O) groups is 2. The summed E-state index contributed by atoms with van der Waals surface area (Å²) < 4.78 is 5.00. The topological polar surface area (TPSA) is 63.6 Å². The highest BCUT2D eigenvalue weighted by Crippen LogP contribution is 2.32. The largest absolute Gasteiger partial charge is 0.496 e. The first-order chi connectivity index (χ1) is 7.06. The van der Waals surface area contributed by atoms with Crippen molar-refractivity contribution in [3.8, 4) is 5.75 Å². The number of aromatic carboxylic acids is 1. The van der Waals surface area contributed by atoms with E-state index in [1.54, 1.807) is 12.1 Å². The lowest BCUT2D eigenvalue weighted by atomic mass is 10.2. The van der Waals surface area contributed by atoms with Gasteiger partial charge in [-0.05, 0) is 23.9 Å². The molecule has 1 N–H and O–H groups in total. The standard InChI is InChI=1S/C10H10O4S/c1-6(11)15-9-7(10(12)13)4-3-5-8(9)14-2/h3-5H,1-2H3,(H,12,13). The minimum absolute atomic E-state index is 0.0783. The van der Waals surface area contributed by atoms with Crippen LogP contribution in [-0.4, -0.2) is 23.3 Å². The van der Waals surface area contributed by atoms with Gasteiger partial charge in [-0.3, -0.25) is 4.79 Å². The molecule has 1 aromatic rings. The molecule has 0 saturated heterocycles. The molecule has 4 nitrogen and oxygen atoms in total. The van der Waals surface area contributed by atoms with E-state index in [1.807, 2.05) is 0 Å². The minimum atomic E-state index is -1.07. The Kier molecular flexibility index (Phi) is 3.74. The van der Waals surface area contributed by atoms with Crippen molar-refractivity contribution in [3.05, 3.63) is 23.8 Å². The van der Waals surface area contributed by atoms with Crippen LogP contribution < -0.4 is 4.74 Å². The van der Waals surface area contributed by atoms with Crippen molar-refractivity contribution in [3.63, 3.8) is 0 Å². The summed E-state index contributed by atoms with van der Waals surface area (Å²) in [5.74, 6) is -0.673. The van der Waals surface area contributed by atoms with E-state index in [0.29, 0.717) is 10.6 Å². The number of thioether (sulfide) groups is 1. The zero-order valence-electron chi connectivity index (χ0n) is 8.31. The van der Waals surface area contributed by atoms with Crippen LogP contribution in [-0.2, 0) is 4.79 Å². The molecule has 0 radical (unpaired) electrons. The minimum Gasteiger partial charge on any atom is -0.496 e. The van der Waals surface area contributed by atoms with Gasteiger partial charge in [0.1, 0.15) is 5.75 Å². The average molecular weight is 226 g/mol. The van der Waals surface area contributed by atoms with Crippen molar-refractivity contribution < 1.29 is 19.4 Å². The van der Waals surface area contributed by atoms with Gasteiger partial charge in [0, 0.05) is 6.92 Å². The Labute approximate surface area is 91.2 Å². The van der Waals surface area contributed by atoms with Gasteiger partial charge >= 0.3 is 5.97 Å². The van der Waals surface area contributed by atoms with Crippen molar-refractivity contribution in [1.29, 1.82) is 0 Å². The molecule has 80 valence electrons. The van der Waals surface area contributed by atoms with Crippen LogP contribution in [0.2, 0.25) is 0 Å². The van der Waals surface area contributed by atoms with Gasteiger partial charge in [0.05, 0.1) is 17.6 Å². The molecule has 0 heterocycles. The molecule has 0 saturated carbocycles. The van der Waals surface area contributed by atoms with Crippen molar-refractivity contribution in [2.24, 2.45) is 0 Å². The van der Waals surface area contributed by atoms with Crippen LogP contribution in [0.25, 0.3) is 0 Å². The summed E-state index contributed by atoms with van der Waals surface area (Å²) in [6.07, 6.45) is 0. The van der Waals surface area contributed by atoms with E-state index in [0.717, 1.165) is 11.8 Å². The fraction of sp³-hybridized carbons (Fsp3) is 0.200. The molecule has 0 unspecified atom stereocenters. The normalized spacial score (nSPS) is 9.73. The number of carbonyl (C=O) groups excluding carboxylic acids is 1. The second-order valence-corrected chi connectivity index (χ2v) is 3.92. The maximum absolute atomic E-state index is 11.0. The van der Waals surface area contributed by atoms with E-state index in [1.165, 1.54) is 20.1 Å². The van der Waals surface area contributed by atoms with Gasteiger partial charge in [-0.15, -0.1) is 0 Å². The number of hydrogen-bond acceptors (Lipinski definition) is 4. The maximum atomic E-state index is 11.0. The smallest absolute Gasteiger partial charge is 0.336 e. The van der Waals surface area contributed by atoms with Crippen LogP contribution >= 0.6 is 11.8 Å². The molecule has 0 aliphatic rings. The molecule has 5 heteroatoms. The monoisotopic (exact) mass is 226 g/mol. The highest BCUT2D eigenvalue weighted by atomic mass is 32.2. The second-order valence-electron chi connectivity index (χ2n) is 2.74. The SMILES string of the molecule is COc1cccc(C(=O)O)c1SC(C)=O. The van der Waals surface area contributed by atoms with Gasteiger partial charge in [0.2, 0.25) is 0 Å². The number of benzene rings is 1. The third-order valence-electron chi connectivity index (χ3n) is 1.68. The molecule has 0 fully saturated rings. The van der Waals surface area contributed by atoms with E-state index in [-0.39, 0.29) is 10.7 Å². The van der Waals surface area contributed by atoms with E-state index in [4.69, 9.17) is 9.84 Å². The summed E-state index contributed by atoms with van der Waals surface area (Å²) >= 11 is 0.860.